The molecule has 0 nitrogen and oxygen atoms in total. The van der Waals surface area contributed by atoms with E-state index in [1.165, 1.54) is 51.4 Å². The Bertz CT molecular complexity index is 222. The zero-order valence-corrected chi connectivity index (χ0v) is 10.5. The van der Waals surface area contributed by atoms with Crippen LogP contribution in [0.1, 0.15) is 65.2 Å². The van der Waals surface area contributed by atoms with Crippen LogP contribution in [0.15, 0.2) is 23.8 Å². The van der Waals surface area contributed by atoms with Crippen LogP contribution < -0.4 is 0 Å². The van der Waals surface area contributed by atoms with Crippen LogP contribution in [-0.2, 0) is 0 Å². The van der Waals surface area contributed by atoms with Crippen LogP contribution in [-0.4, -0.2) is 0 Å². The van der Waals surface area contributed by atoms with Gasteiger partial charge in [0.2, 0.25) is 0 Å². The molecule has 0 saturated heterocycles. The van der Waals surface area contributed by atoms with Crippen LogP contribution in [0.4, 0.5) is 0 Å². The lowest BCUT2D eigenvalue weighted by Crippen LogP contribution is -2.15. The molecule has 0 aromatic carbocycles. The normalized spacial score (nSPS) is 20.3. The first kappa shape index (κ1) is 12.5. The standard InChI is InChI=1S/C15H26/c1-4-6-7-8-9-10-11-14-12-13(3)15(14)5-2/h4,13H,1,5-12H2,2-3H3. The van der Waals surface area contributed by atoms with E-state index in [1.807, 2.05) is 6.08 Å². The highest BCUT2D eigenvalue weighted by Crippen LogP contribution is 2.39. The molecule has 0 amide bonds. The maximum Gasteiger partial charge on any atom is -0.0192 e. The lowest BCUT2D eigenvalue weighted by atomic mass is 9.75. The summed E-state index contributed by atoms with van der Waals surface area (Å²) in [6.45, 7) is 8.42. The molecule has 0 aromatic rings. The fourth-order valence-corrected chi connectivity index (χ4v) is 2.68. The molecule has 0 bridgehead atoms. The number of hydrogen-bond acceptors (Lipinski definition) is 0. The molecular weight excluding hydrogens is 180 g/mol. The van der Waals surface area contributed by atoms with Crippen molar-refractivity contribution in [1.82, 2.24) is 0 Å². The van der Waals surface area contributed by atoms with Crippen molar-refractivity contribution in [3.8, 4) is 0 Å². The molecule has 1 aliphatic carbocycles. The molecule has 1 rings (SSSR count). The van der Waals surface area contributed by atoms with Gasteiger partial charge in [0.15, 0.2) is 0 Å². The van der Waals surface area contributed by atoms with Crippen molar-refractivity contribution in [3.05, 3.63) is 23.8 Å². The molecule has 0 aliphatic heterocycles. The van der Waals surface area contributed by atoms with Crippen LogP contribution in [0.3, 0.4) is 0 Å². The van der Waals surface area contributed by atoms with E-state index in [-0.39, 0.29) is 0 Å². The van der Waals surface area contributed by atoms with Gasteiger partial charge in [-0.25, -0.2) is 0 Å². The Labute approximate surface area is 95.5 Å². The van der Waals surface area contributed by atoms with Crippen molar-refractivity contribution in [2.75, 3.05) is 0 Å². The summed E-state index contributed by atoms with van der Waals surface area (Å²) in [5.41, 5.74) is 3.55. The van der Waals surface area contributed by atoms with E-state index in [0.29, 0.717) is 0 Å². The van der Waals surface area contributed by atoms with Crippen LogP contribution >= 0.6 is 0 Å². The Kier molecular flexibility index (Phi) is 5.75. The Balaban J connectivity index is 2.06. The van der Waals surface area contributed by atoms with E-state index in [2.05, 4.69) is 20.4 Å². The number of allylic oxidation sites excluding steroid dienone is 3. The van der Waals surface area contributed by atoms with Gasteiger partial charge in [0.25, 0.3) is 0 Å². The third-order valence-electron chi connectivity index (χ3n) is 3.62. The van der Waals surface area contributed by atoms with Gasteiger partial charge in [-0.3, -0.25) is 0 Å². The van der Waals surface area contributed by atoms with Gasteiger partial charge >= 0.3 is 0 Å². The minimum absolute atomic E-state index is 0.894. The Morgan fingerprint density at radius 2 is 2.00 bits per heavy atom. The maximum atomic E-state index is 3.75. The van der Waals surface area contributed by atoms with Crippen molar-refractivity contribution >= 4 is 0 Å². The first-order chi connectivity index (χ1) is 7.29. The fourth-order valence-electron chi connectivity index (χ4n) is 2.68. The Hall–Kier alpha value is -0.520. The third kappa shape index (κ3) is 3.85. The summed E-state index contributed by atoms with van der Waals surface area (Å²) in [6, 6.07) is 0. The summed E-state index contributed by atoms with van der Waals surface area (Å²) in [7, 11) is 0. The van der Waals surface area contributed by atoms with E-state index < -0.39 is 0 Å². The van der Waals surface area contributed by atoms with Gasteiger partial charge in [0.1, 0.15) is 0 Å². The second-order valence-electron chi connectivity index (χ2n) is 4.83. The fraction of sp³-hybridized carbons (Fsp3) is 0.733. The van der Waals surface area contributed by atoms with Crippen molar-refractivity contribution in [2.45, 2.75) is 65.2 Å². The molecule has 0 saturated carbocycles. The van der Waals surface area contributed by atoms with Crippen molar-refractivity contribution < 1.29 is 0 Å². The van der Waals surface area contributed by atoms with Crippen LogP contribution in [0.5, 0.6) is 0 Å². The second kappa shape index (κ2) is 6.87. The lowest BCUT2D eigenvalue weighted by molar-refractivity contribution is 0.520. The van der Waals surface area contributed by atoms with Crippen LogP contribution in [0, 0.1) is 5.92 Å². The molecule has 0 aromatic heterocycles. The monoisotopic (exact) mass is 206 g/mol. The Morgan fingerprint density at radius 3 is 2.60 bits per heavy atom. The largest absolute Gasteiger partial charge is 0.103 e. The quantitative estimate of drug-likeness (QED) is 0.375. The van der Waals surface area contributed by atoms with Gasteiger partial charge in [-0.05, 0) is 44.4 Å². The summed E-state index contributed by atoms with van der Waals surface area (Å²) in [6.07, 6.45) is 12.8. The molecular formula is C15H26. The summed E-state index contributed by atoms with van der Waals surface area (Å²) in [5, 5.41) is 0. The molecule has 0 fully saturated rings. The van der Waals surface area contributed by atoms with E-state index in [4.69, 9.17) is 0 Å². The number of unbranched alkanes of at least 4 members (excludes halogenated alkanes) is 4. The van der Waals surface area contributed by atoms with E-state index >= 15 is 0 Å². The molecule has 0 heterocycles. The summed E-state index contributed by atoms with van der Waals surface area (Å²) >= 11 is 0. The minimum atomic E-state index is 0.894. The average Bonchev–Trinajstić information content (AvgIpc) is 2.22. The van der Waals surface area contributed by atoms with Gasteiger partial charge in [0.05, 0.1) is 0 Å². The van der Waals surface area contributed by atoms with Gasteiger partial charge in [-0.2, -0.15) is 0 Å². The minimum Gasteiger partial charge on any atom is -0.103 e. The van der Waals surface area contributed by atoms with Crippen molar-refractivity contribution in [1.29, 1.82) is 0 Å². The highest BCUT2D eigenvalue weighted by atomic mass is 14.3. The first-order valence-electron chi connectivity index (χ1n) is 6.61. The maximum absolute atomic E-state index is 3.75. The van der Waals surface area contributed by atoms with Gasteiger partial charge in [-0.1, -0.05) is 43.9 Å². The van der Waals surface area contributed by atoms with Crippen LogP contribution in [0.2, 0.25) is 0 Å². The molecule has 15 heavy (non-hydrogen) atoms. The zero-order chi connectivity index (χ0) is 11.1. The predicted octanol–water partition coefficient (Wildman–Crippen LogP) is 5.26. The highest BCUT2D eigenvalue weighted by Gasteiger charge is 2.22. The van der Waals surface area contributed by atoms with E-state index in [9.17, 15) is 0 Å². The Morgan fingerprint density at radius 1 is 1.27 bits per heavy atom. The number of rotatable bonds is 8. The van der Waals surface area contributed by atoms with Gasteiger partial charge in [-0.15, -0.1) is 6.58 Å². The number of hydrogen-bond donors (Lipinski definition) is 0. The van der Waals surface area contributed by atoms with E-state index in [0.717, 1.165) is 5.92 Å². The smallest absolute Gasteiger partial charge is 0.0192 e. The van der Waals surface area contributed by atoms with E-state index in [1.54, 1.807) is 11.1 Å². The van der Waals surface area contributed by atoms with Gasteiger partial charge in [0, 0.05) is 0 Å². The summed E-state index contributed by atoms with van der Waals surface area (Å²) < 4.78 is 0. The molecule has 0 spiro atoms. The second-order valence-corrected chi connectivity index (χ2v) is 4.83. The molecule has 0 radical (unpaired) electrons. The molecule has 0 heteroatoms. The summed E-state index contributed by atoms with van der Waals surface area (Å²) in [4.78, 5) is 0. The van der Waals surface area contributed by atoms with Crippen LogP contribution in [0.25, 0.3) is 0 Å². The topological polar surface area (TPSA) is 0 Å². The average molecular weight is 206 g/mol. The third-order valence-corrected chi connectivity index (χ3v) is 3.62. The highest BCUT2D eigenvalue weighted by molar-refractivity contribution is 5.27. The first-order valence-corrected chi connectivity index (χ1v) is 6.61. The molecule has 86 valence electrons. The summed E-state index contributed by atoms with van der Waals surface area (Å²) in [5.74, 6) is 0.894. The molecule has 1 aliphatic rings. The molecule has 1 unspecified atom stereocenters. The molecule has 1 atom stereocenters. The SMILES string of the molecule is C=CCCCCCCC1=C(CC)C(C)C1. The molecule has 0 N–H and O–H groups in total. The predicted molar refractivity (Wildman–Crippen MR) is 69.0 cm³/mol. The van der Waals surface area contributed by atoms with Gasteiger partial charge < -0.3 is 0 Å². The van der Waals surface area contributed by atoms with Crippen molar-refractivity contribution in [3.63, 3.8) is 0 Å². The van der Waals surface area contributed by atoms with Crippen molar-refractivity contribution in [2.24, 2.45) is 5.92 Å². The zero-order valence-electron chi connectivity index (χ0n) is 10.5. The lowest BCUT2D eigenvalue weighted by Gasteiger charge is -2.30.